The van der Waals surface area contributed by atoms with Gasteiger partial charge in [0.15, 0.2) is 0 Å². The highest BCUT2D eigenvalue weighted by atomic mass is 35.5. The summed E-state index contributed by atoms with van der Waals surface area (Å²) in [6, 6.07) is 8.12. The number of hydrogen-bond acceptors (Lipinski definition) is 4. The van der Waals surface area contributed by atoms with Crippen molar-refractivity contribution in [2.45, 2.75) is 19.4 Å². The highest BCUT2D eigenvalue weighted by Crippen LogP contribution is 2.23. The van der Waals surface area contributed by atoms with Crippen molar-refractivity contribution in [3.8, 4) is 16.9 Å². The molecule has 0 saturated heterocycles. The highest BCUT2D eigenvalue weighted by molar-refractivity contribution is 6.30. The average Bonchev–Trinajstić information content (AvgIpc) is 3.19. The number of rotatable bonds is 3. The monoisotopic (exact) mass is 356 g/mol. The number of benzene rings is 1. The van der Waals surface area contributed by atoms with Crippen LogP contribution in [0.2, 0.25) is 5.02 Å². The van der Waals surface area contributed by atoms with E-state index < -0.39 is 11.5 Å². The summed E-state index contributed by atoms with van der Waals surface area (Å²) in [5.41, 5.74) is 1.46. The number of nitrogens with zero attached hydrogens (tertiary/aromatic N) is 4. The Labute approximate surface area is 147 Å². The van der Waals surface area contributed by atoms with Crippen LogP contribution in [-0.4, -0.2) is 30.6 Å². The second kappa shape index (κ2) is 5.86. The van der Waals surface area contributed by atoms with Crippen molar-refractivity contribution in [2.24, 2.45) is 0 Å². The lowest BCUT2D eigenvalue weighted by Gasteiger charge is -2.09. The molecule has 1 aliphatic rings. The van der Waals surface area contributed by atoms with E-state index in [-0.39, 0.29) is 5.56 Å². The van der Waals surface area contributed by atoms with Crippen LogP contribution >= 0.6 is 11.6 Å². The first-order chi connectivity index (χ1) is 12.0. The van der Waals surface area contributed by atoms with Gasteiger partial charge in [-0.1, -0.05) is 23.7 Å². The molecule has 25 heavy (non-hydrogen) atoms. The molecule has 1 aliphatic heterocycles. The van der Waals surface area contributed by atoms with E-state index >= 15 is 0 Å². The summed E-state index contributed by atoms with van der Waals surface area (Å²) in [6.45, 7) is 0.784. The summed E-state index contributed by atoms with van der Waals surface area (Å²) in [7, 11) is 0. The summed E-state index contributed by atoms with van der Waals surface area (Å²) in [6.07, 6.45) is 3.27. The second-order valence-electron chi connectivity index (χ2n) is 5.78. The minimum atomic E-state index is -1.29. The minimum absolute atomic E-state index is 0.335. The van der Waals surface area contributed by atoms with Crippen LogP contribution in [0.4, 0.5) is 0 Å². The van der Waals surface area contributed by atoms with E-state index in [1.165, 1.54) is 6.07 Å². The molecule has 3 heterocycles. The van der Waals surface area contributed by atoms with Crippen LogP contribution in [0.1, 0.15) is 22.5 Å². The predicted octanol–water partition coefficient (Wildman–Crippen LogP) is 2.39. The van der Waals surface area contributed by atoms with Crippen molar-refractivity contribution in [2.75, 3.05) is 0 Å². The van der Waals surface area contributed by atoms with Gasteiger partial charge in [-0.25, -0.2) is 4.79 Å². The van der Waals surface area contributed by atoms with Crippen molar-refractivity contribution in [1.82, 2.24) is 19.6 Å². The van der Waals surface area contributed by atoms with Gasteiger partial charge in [-0.15, -0.1) is 0 Å². The van der Waals surface area contributed by atoms with E-state index in [0.717, 1.165) is 29.8 Å². The number of aromatic carboxylic acids is 1. The molecule has 7 nitrogen and oxygen atoms in total. The summed E-state index contributed by atoms with van der Waals surface area (Å²) in [5, 5.41) is 18.6. The van der Waals surface area contributed by atoms with Gasteiger partial charge in [0.25, 0.3) is 5.56 Å². The van der Waals surface area contributed by atoms with Crippen LogP contribution < -0.4 is 5.56 Å². The lowest BCUT2D eigenvalue weighted by atomic mass is 10.1. The van der Waals surface area contributed by atoms with Gasteiger partial charge in [0, 0.05) is 17.1 Å². The molecule has 8 heteroatoms. The van der Waals surface area contributed by atoms with Crippen LogP contribution in [0, 0.1) is 0 Å². The number of carbonyl (C=O) groups is 1. The lowest BCUT2D eigenvalue weighted by Crippen LogP contribution is -2.28. The van der Waals surface area contributed by atoms with Gasteiger partial charge in [-0.2, -0.15) is 14.9 Å². The molecule has 0 fully saturated rings. The topological polar surface area (TPSA) is 90.0 Å². The molecule has 2 aromatic heterocycles. The van der Waals surface area contributed by atoms with E-state index in [0.29, 0.717) is 22.0 Å². The van der Waals surface area contributed by atoms with E-state index in [1.807, 2.05) is 4.68 Å². The van der Waals surface area contributed by atoms with Crippen molar-refractivity contribution >= 4 is 17.6 Å². The summed E-state index contributed by atoms with van der Waals surface area (Å²) in [4.78, 5) is 24.1. The molecule has 0 saturated carbocycles. The highest BCUT2D eigenvalue weighted by Gasteiger charge is 2.22. The first-order valence-corrected chi connectivity index (χ1v) is 8.11. The largest absolute Gasteiger partial charge is 0.477 e. The molecule has 126 valence electrons. The van der Waals surface area contributed by atoms with Gasteiger partial charge in [-0.05, 0) is 31.0 Å². The van der Waals surface area contributed by atoms with Gasteiger partial charge in [0.2, 0.25) is 0 Å². The van der Waals surface area contributed by atoms with Crippen molar-refractivity contribution < 1.29 is 9.90 Å². The zero-order chi connectivity index (χ0) is 17.6. The third-order valence-electron chi connectivity index (χ3n) is 4.22. The number of carboxylic acids is 1. The molecular formula is C17H13ClN4O3. The predicted molar refractivity (Wildman–Crippen MR) is 91.3 cm³/mol. The first kappa shape index (κ1) is 15.6. The number of halogens is 1. The Hall–Kier alpha value is -2.93. The maximum atomic E-state index is 12.6. The zero-order valence-corrected chi connectivity index (χ0v) is 13.8. The molecule has 3 aromatic rings. The molecule has 0 unspecified atom stereocenters. The molecule has 0 atom stereocenters. The SMILES string of the molecule is O=C(O)c1cc(-c2ccc(Cl)cc2)nn(-c2cnn3c2CCC3)c1=O. The van der Waals surface area contributed by atoms with Gasteiger partial charge < -0.3 is 5.11 Å². The Bertz CT molecular complexity index is 1040. The van der Waals surface area contributed by atoms with Crippen LogP contribution in [0.5, 0.6) is 0 Å². The van der Waals surface area contributed by atoms with E-state index in [4.69, 9.17) is 11.6 Å². The van der Waals surface area contributed by atoms with Crippen LogP contribution in [-0.2, 0) is 13.0 Å². The Kier molecular flexibility index (Phi) is 3.65. The van der Waals surface area contributed by atoms with Crippen LogP contribution in [0.25, 0.3) is 16.9 Å². The molecule has 0 radical (unpaired) electrons. The number of aromatic nitrogens is 4. The first-order valence-electron chi connectivity index (χ1n) is 7.73. The average molecular weight is 357 g/mol. The minimum Gasteiger partial charge on any atom is -0.477 e. The summed E-state index contributed by atoms with van der Waals surface area (Å²) in [5.74, 6) is -1.29. The Balaban J connectivity index is 1.95. The zero-order valence-electron chi connectivity index (χ0n) is 13.0. The normalized spacial score (nSPS) is 13.0. The molecule has 4 rings (SSSR count). The second-order valence-corrected chi connectivity index (χ2v) is 6.21. The Morgan fingerprint density at radius 2 is 2.00 bits per heavy atom. The van der Waals surface area contributed by atoms with Crippen molar-refractivity contribution in [3.05, 3.63) is 63.2 Å². The number of fused-ring (bicyclic) bond motifs is 1. The molecule has 0 aliphatic carbocycles. The quantitative estimate of drug-likeness (QED) is 0.778. The van der Waals surface area contributed by atoms with Crippen molar-refractivity contribution in [3.63, 3.8) is 0 Å². The Morgan fingerprint density at radius 3 is 2.72 bits per heavy atom. The lowest BCUT2D eigenvalue weighted by molar-refractivity contribution is 0.0694. The molecule has 0 spiro atoms. The number of hydrogen-bond donors (Lipinski definition) is 1. The van der Waals surface area contributed by atoms with Gasteiger partial charge >= 0.3 is 5.97 Å². The van der Waals surface area contributed by atoms with Crippen LogP contribution in [0.3, 0.4) is 0 Å². The molecule has 0 amide bonds. The fourth-order valence-electron chi connectivity index (χ4n) is 3.00. The van der Waals surface area contributed by atoms with E-state index in [9.17, 15) is 14.7 Å². The number of aryl methyl sites for hydroxylation is 1. The van der Waals surface area contributed by atoms with E-state index in [1.54, 1.807) is 30.5 Å². The molecular weight excluding hydrogens is 344 g/mol. The smallest absolute Gasteiger partial charge is 0.341 e. The number of carboxylic acid groups (broad SMARTS) is 1. The van der Waals surface area contributed by atoms with Crippen molar-refractivity contribution in [1.29, 1.82) is 0 Å². The molecule has 0 bridgehead atoms. The maximum absolute atomic E-state index is 12.6. The van der Waals surface area contributed by atoms with E-state index in [2.05, 4.69) is 10.2 Å². The summed E-state index contributed by atoms with van der Waals surface area (Å²) < 4.78 is 2.95. The van der Waals surface area contributed by atoms with Crippen LogP contribution in [0.15, 0.2) is 41.3 Å². The summed E-state index contributed by atoms with van der Waals surface area (Å²) >= 11 is 5.90. The van der Waals surface area contributed by atoms with Gasteiger partial charge in [0.05, 0.1) is 17.6 Å². The third-order valence-corrected chi connectivity index (χ3v) is 4.47. The third kappa shape index (κ3) is 2.62. The fraction of sp³-hybridized carbons (Fsp3) is 0.176. The maximum Gasteiger partial charge on any atom is 0.341 e. The Morgan fingerprint density at radius 1 is 1.24 bits per heavy atom. The standard InChI is InChI=1S/C17H13ClN4O3/c18-11-5-3-10(4-6-11)13-8-12(17(24)25)16(23)22(20-13)15-9-19-21-7-1-2-14(15)21/h3-6,8-9H,1-2,7H2,(H,24,25). The van der Waals surface area contributed by atoms with Gasteiger partial charge in [-0.3, -0.25) is 9.48 Å². The molecule has 1 aromatic carbocycles. The fourth-order valence-corrected chi connectivity index (χ4v) is 3.12. The van der Waals surface area contributed by atoms with Gasteiger partial charge in [0.1, 0.15) is 11.3 Å². The molecule has 1 N–H and O–H groups in total.